The van der Waals surface area contributed by atoms with Crippen LogP contribution in [0.25, 0.3) is 0 Å². The second kappa shape index (κ2) is 12.7. The van der Waals surface area contributed by atoms with Crippen molar-refractivity contribution in [3.05, 3.63) is 51.8 Å². The number of anilines is 1. The molecule has 0 radical (unpaired) electrons. The van der Waals surface area contributed by atoms with E-state index in [1.54, 1.807) is 13.8 Å². The second-order valence-corrected chi connectivity index (χ2v) is 10.1. The number of carbonyl (C=O) groups is 5. The average molecular weight is 570 g/mol. The lowest BCUT2D eigenvalue weighted by atomic mass is 9.81. The summed E-state index contributed by atoms with van der Waals surface area (Å²) in [7, 11) is 1.27. The molecule has 0 bridgehead atoms. The molecule has 1 aliphatic rings. The standard InChI is InChI=1S/C28H31N3O10/c1-13(2)28(37)41-26-14(3)22(33)25(36)19(30-20-12-29-15(4)23(34)27(20)40-5)11-21(32)24(35)18(26)10-16-6-8-17(9-7-16)31(38)39/h6-9,12-14,18-19,26,30,34H,10-11H2,1-5H3/t14-,18+,19+,26-/m1/s1. The molecule has 0 spiro atoms. The van der Waals surface area contributed by atoms with Gasteiger partial charge in [-0.3, -0.25) is 39.1 Å². The van der Waals surface area contributed by atoms with E-state index in [0.717, 1.165) is 0 Å². The molecule has 1 aromatic carbocycles. The number of methoxy groups -OCH3 is 1. The normalized spacial score (nSPS) is 21.6. The molecular weight excluding hydrogens is 538 g/mol. The van der Waals surface area contributed by atoms with Gasteiger partial charge in [0.2, 0.25) is 23.1 Å². The molecule has 0 saturated heterocycles. The number of rotatable bonds is 8. The number of nitrogens with zero attached hydrogens (tertiary/aromatic N) is 2. The first-order chi connectivity index (χ1) is 19.3. The molecule has 1 aromatic heterocycles. The number of pyridine rings is 1. The van der Waals surface area contributed by atoms with E-state index in [4.69, 9.17) is 9.47 Å². The van der Waals surface area contributed by atoms with E-state index < -0.39 is 70.3 Å². The first-order valence-electron chi connectivity index (χ1n) is 12.8. The van der Waals surface area contributed by atoms with Crippen molar-refractivity contribution in [2.75, 3.05) is 12.4 Å². The zero-order chi connectivity index (χ0) is 30.6. The first kappa shape index (κ1) is 30.9. The van der Waals surface area contributed by atoms with Crippen LogP contribution in [0.15, 0.2) is 30.5 Å². The van der Waals surface area contributed by atoms with Crippen LogP contribution < -0.4 is 10.1 Å². The molecule has 41 heavy (non-hydrogen) atoms. The Labute approximate surface area is 235 Å². The summed E-state index contributed by atoms with van der Waals surface area (Å²) in [5.74, 6) is -8.45. The van der Waals surface area contributed by atoms with E-state index >= 15 is 0 Å². The number of hydrogen-bond donors (Lipinski definition) is 2. The number of aromatic hydroxyl groups is 1. The van der Waals surface area contributed by atoms with Gasteiger partial charge in [0.15, 0.2) is 11.5 Å². The number of aromatic nitrogens is 1. The lowest BCUT2D eigenvalue weighted by Crippen LogP contribution is -2.45. The number of nitro groups is 1. The van der Waals surface area contributed by atoms with Crippen molar-refractivity contribution in [2.45, 2.75) is 52.7 Å². The summed E-state index contributed by atoms with van der Waals surface area (Å²) >= 11 is 0. The van der Waals surface area contributed by atoms with Crippen LogP contribution in [-0.4, -0.2) is 63.4 Å². The predicted octanol–water partition coefficient (Wildman–Crippen LogP) is 2.54. The Balaban J connectivity index is 2.05. The van der Waals surface area contributed by atoms with Gasteiger partial charge in [-0.2, -0.15) is 0 Å². The highest BCUT2D eigenvalue weighted by Crippen LogP contribution is 2.36. The number of aryl methyl sites for hydroxylation is 1. The average Bonchev–Trinajstić information content (AvgIpc) is 2.96. The van der Waals surface area contributed by atoms with Crippen molar-refractivity contribution >= 4 is 40.5 Å². The summed E-state index contributed by atoms with van der Waals surface area (Å²) in [5, 5.41) is 24.1. The Morgan fingerprint density at radius 3 is 2.34 bits per heavy atom. The highest BCUT2D eigenvalue weighted by molar-refractivity contribution is 6.44. The van der Waals surface area contributed by atoms with Crippen molar-refractivity contribution in [1.82, 2.24) is 4.98 Å². The molecular formula is C28H31N3O10. The third-order valence-corrected chi connectivity index (χ3v) is 6.91. The summed E-state index contributed by atoms with van der Waals surface area (Å²) in [4.78, 5) is 80.8. The quantitative estimate of drug-likeness (QED) is 0.205. The second-order valence-electron chi connectivity index (χ2n) is 10.1. The minimum atomic E-state index is -1.52. The lowest BCUT2D eigenvalue weighted by Gasteiger charge is -2.29. The van der Waals surface area contributed by atoms with Crippen LogP contribution >= 0.6 is 0 Å². The Bertz CT molecular complexity index is 1390. The Morgan fingerprint density at radius 1 is 1.15 bits per heavy atom. The fourth-order valence-corrected chi connectivity index (χ4v) is 4.49. The molecule has 0 aliphatic heterocycles. The number of nitrogens with one attached hydrogen (secondary N) is 1. The Hall–Kier alpha value is -4.68. The molecule has 1 fully saturated rings. The minimum Gasteiger partial charge on any atom is -0.503 e. The molecule has 1 heterocycles. The number of non-ortho nitro benzene ring substituents is 1. The van der Waals surface area contributed by atoms with E-state index in [1.807, 2.05) is 0 Å². The van der Waals surface area contributed by atoms with Gasteiger partial charge in [-0.25, -0.2) is 0 Å². The zero-order valence-corrected chi connectivity index (χ0v) is 23.2. The lowest BCUT2D eigenvalue weighted by molar-refractivity contribution is -0.384. The first-order valence-corrected chi connectivity index (χ1v) is 12.8. The van der Waals surface area contributed by atoms with Gasteiger partial charge in [0.25, 0.3) is 5.69 Å². The summed E-state index contributed by atoms with van der Waals surface area (Å²) < 4.78 is 10.8. The van der Waals surface area contributed by atoms with Gasteiger partial charge in [0, 0.05) is 18.6 Å². The van der Waals surface area contributed by atoms with Gasteiger partial charge in [-0.05, 0) is 18.9 Å². The molecule has 1 aliphatic carbocycles. The van der Waals surface area contributed by atoms with E-state index in [9.17, 15) is 39.2 Å². The van der Waals surface area contributed by atoms with Crippen molar-refractivity contribution in [3.63, 3.8) is 0 Å². The van der Waals surface area contributed by atoms with Gasteiger partial charge in [0.05, 0.1) is 47.4 Å². The molecule has 0 unspecified atom stereocenters. The number of carbonyl (C=O) groups excluding carboxylic acids is 5. The van der Waals surface area contributed by atoms with Crippen molar-refractivity contribution in [1.29, 1.82) is 0 Å². The van der Waals surface area contributed by atoms with Crippen LogP contribution in [-0.2, 0) is 35.1 Å². The van der Waals surface area contributed by atoms with E-state index in [1.165, 1.54) is 51.4 Å². The summed E-state index contributed by atoms with van der Waals surface area (Å²) in [5.41, 5.74) is 0.467. The molecule has 13 nitrogen and oxygen atoms in total. The van der Waals surface area contributed by atoms with Gasteiger partial charge in [-0.15, -0.1) is 0 Å². The molecule has 2 N–H and O–H groups in total. The number of ether oxygens (including phenoxy) is 2. The predicted molar refractivity (Wildman–Crippen MR) is 143 cm³/mol. The highest BCUT2D eigenvalue weighted by Gasteiger charge is 2.46. The molecule has 0 amide bonds. The highest BCUT2D eigenvalue weighted by atomic mass is 16.6. The maximum atomic E-state index is 13.6. The van der Waals surface area contributed by atoms with E-state index in [0.29, 0.717) is 5.56 Å². The maximum Gasteiger partial charge on any atom is 0.308 e. The summed E-state index contributed by atoms with van der Waals surface area (Å²) in [6.07, 6.45) is -1.12. The summed E-state index contributed by atoms with van der Waals surface area (Å²) in [6.45, 7) is 5.95. The molecule has 1 saturated carbocycles. The smallest absolute Gasteiger partial charge is 0.308 e. The zero-order valence-electron chi connectivity index (χ0n) is 23.2. The third kappa shape index (κ3) is 6.73. The van der Waals surface area contributed by atoms with Gasteiger partial charge in [0.1, 0.15) is 12.1 Å². The number of nitro benzene ring substituents is 1. The van der Waals surface area contributed by atoms with E-state index in [-0.39, 0.29) is 35.0 Å². The largest absolute Gasteiger partial charge is 0.503 e. The Kier molecular flexibility index (Phi) is 9.53. The number of Topliss-reactive ketones (excluding diaryl/α,β-unsaturated/α-hetero) is 4. The topological polar surface area (TPSA) is 192 Å². The number of hydrogen-bond acceptors (Lipinski definition) is 12. The fraction of sp³-hybridized carbons (Fsp3) is 0.429. The van der Waals surface area contributed by atoms with Crippen LogP contribution in [0.2, 0.25) is 0 Å². The number of esters is 1. The molecule has 218 valence electrons. The van der Waals surface area contributed by atoms with Crippen molar-refractivity contribution in [3.8, 4) is 11.5 Å². The van der Waals surface area contributed by atoms with Crippen LogP contribution in [0, 0.1) is 34.8 Å². The third-order valence-electron chi connectivity index (χ3n) is 6.91. The van der Waals surface area contributed by atoms with Crippen LogP contribution in [0.1, 0.15) is 38.4 Å². The fourth-order valence-electron chi connectivity index (χ4n) is 4.49. The maximum absolute atomic E-state index is 13.6. The van der Waals surface area contributed by atoms with Crippen LogP contribution in [0.4, 0.5) is 11.4 Å². The molecule has 2 aromatic rings. The molecule has 4 atom stereocenters. The van der Waals surface area contributed by atoms with Crippen LogP contribution in [0.3, 0.4) is 0 Å². The minimum absolute atomic E-state index is 0.0131. The van der Waals surface area contributed by atoms with Crippen LogP contribution in [0.5, 0.6) is 11.5 Å². The number of benzene rings is 1. The van der Waals surface area contributed by atoms with Gasteiger partial charge >= 0.3 is 5.97 Å². The van der Waals surface area contributed by atoms with Gasteiger partial charge < -0.3 is 19.9 Å². The molecule has 3 rings (SSSR count). The summed E-state index contributed by atoms with van der Waals surface area (Å²) in [6, 6.07) is 3.73. The molecule has 13 heteroatoms. The van der Waals surface area contributed by atoms with E-state index in [2.05, 4.69) is 10.3 Å². The van der Waals surface area contributed by atoms with Gasteiger partial charge in [-0.1, -0.05) is 32.9 Å². The van der Waals surface area contributed by atoms with Crippen molar-refractivity contribution < 1.29 is 43.5 Å². The Morgan fingerprint density at radius 2 is 1.78 bits per heavy atom. The SMILES string of the molecule is COc1c(N[C@H]2CC(=O)C(=O)[C@H](Cc3ccc([N+](=O)[O-])cc3)[C@H](OC(=O)C(C)C)[C@H](C)C(=O)C2=O)cnc(C)c1O. The monoisotopic (exact) mass is 569 g/mol. The number of ketones is 4. The van der Waals surface area contributed by atoms with Crippen molar-refractivity contribution in [2.24, 2.45) is 17.8 Å².